The van der Waals surface area contributed by atoms with Crippen LogP contribution >= 0.6 is 11.3 Å². The van der Waals surface area contributed by atoms with Gasteiger partial charge in [0.15, 0.2) is 0 Å². The van der Waals surface area contributed by atoms with Gasteiger partial charge in [-0.2, -0.15) is 0 Å². The fraction of sp³-hybridized carbons (Fsp3) is 0.300. The molecule has 130 valence electrons. The van der Waals surface area contributed by atoms with E-state index >= 15 is 0 Å². The van der Waals surface area contributed by atoms with Crippen LogP contribution in [-0.4, -0.2) is 29.5 Å². The molecule has 2 aromatic carbocycles. The van der Waals surface area contributed by atoms with E-state index in [0.717, 1.165) is 23.4 Å². The minimum absolute atomic E-state index is 0.0347. The number of benzene rings is 2. The molecule has 0 fully saturated rings. The van der Waals surface area contributed by atoms with Gasteiger partial charge in [-0.1, -0.05) is 36.4 Å². The maximum atomic E-state index is 12.2. The number of fused-ring (bicyclic) bond motifs is 1. The predicted octanol–water partition coefficient (Wildman–Crippen LogP) is 4.38. The third kappa shape index (κ3) is 4.57. The number of hydrogen-bond acceptors (Lipinski definition) is 3. The van der Waals surface area contributed by atoms with Gasteiger partial charge in [0.25, 0.3) is 0 Å². The second kappa shape index (κ2) is 8.12. The van der Waals surface area contributed by atoms with Crippen molar-refractivity contribution in [2.24, 2.45) is 0 Å². The van der Waals surface area contributed by atoms with E-state index < -0.39 is 0 Å². The lowest BCUT2D eigenvalue weighted by Crippen LogP contribution is -2.37. The van der Waals surface area contributed by atoms with Crippen LogP contribution in [0.15, 0.2) is 48.5 Å². The van der Waals surface area contributed by atoms with E-state index in [-0.39, 0.29) is 6.03 Å². The molecule has 1 aromatic heterocycles. The number of aryl methyl sites for hydroxylation is 2. The fourth-order valence-corrected chi connectivity index (χ4v) is 3.72. The topological polar surface area (TPSA) is 45.2 Å². The minimum Gasteiger partial charge on any atom is -0.338 e. The van der Waals surface area contributed by atoms with Crippen molar-refractivity contribution < 1.29 is 4.79 Å². The monoisotopic (exact) mass is 353 g/mol. The zero-order chi connectivity index (χ0) is 17.6. The molecule has 3 aromatic rings. The fourth-order valence-electron chi connectivity index (χ4n) is 2.71. The van der Waals surface area contributed by atoms with Crippen LogP contribution in [0, 0.1) is 6.92 Å². The van der Waals surface area contributed by atoms with Gasteiger partial charge in [0.1, 0.15) is 0 Å². The number of thiazole rings is 1. The molecule has 0 saturated carbocycles. The lowest BCUT2D eigenvalue weighted by atomic mass is 10.1. The zero-order valence-electron chi connectivity index (χ0n) is 14.7. The Morgan fingerprint density at radius 1 is 1.16 bits per heavy atom. The molecule has 1 N–H and O–H groups in total. The molecule has 0 aliphatic heterocycles. The highest BCUT2D eigenvalue weighted by molar-refractivity contribution is 7.18. The van der Waals surface area contributed by atoms with Crippen LogP contribution in [0.2, 0.25) is 0 Å². The second-order valence-electron chi connectivity index (χ2n) is 6.19. The summed E-state index contributed by atoms with van der Waals surface area (Å²) in [5.41, 5.74) is 3.44. The average Bonchev–Trinajstić information content (AvgIpc) is 3.03. The highest BCUT2D eigenvalue weighted by Gasteiger charge is 2.10. The average molecular weight is 353 g/mol. The molecule has 0 aliphatic rings. The summed E-state index contributed by atoms with van der Waals surface area (Å²) in [6, 6.07) is 16.3. The maximum Gasteiger partial charge on any atom is 0.317 e. The van der Waals surface area contributed by atoms with Crippen molar-refractivity contribution in [3.63, 3.8) is 0 Å². The number of hydrogen-bond donors (Lipinski definition) is 1. The number of rotatable bonds is 6. The molecule has 2 amide bonds. The van der Waals surface area contributed by atoms with Gasteiger partial charge >= 0.3 is 6.03 Å². The molecule has 5 heteroatoms. The number of aromatic nitrogens is 1. The molecule has 0 spiro atoms. The molecule has 25 heavy (non-hydrogen) atoms. The number of nitrogens with zero attached hydrogens (tertiary/aromatic N) is 2. The largest absolute Gasteiger partial charge is 0.338 e. The Bertz CT molecular complexity index is 826. The van der Waals surface area contributed by atoms with Crippen molar-refractivity contribution >= 4 is 27.6 Å². The van der Waals surface area contributed by atoms with E-state index in [1.54, 1.807) is 16.2 Å². The van der Waals surface area contributed by atoms with Crippen molar-refractivity contribution in [2.75, 3.05) is 13.6 Å². The van der Waals surface area contributed by atoms with Crippen LogP contribution in [-0.2, 0) is 13.0 Å². The van der Waals surface area contributed by atoms with Crippen molar-refractivity contribution in [3.8, 4) is 0 Å². The summed E-state index contributed by atoms with van der Waals surface area (Å²) in [4.78, 5) is 18.6. The Balaban J connectivity index is 1.43. The first kappa shape index (κ1) is 17.4. The van der Waals surface area contributed by atoms with Gasteiger partial charge < -0.3 is 10.2 Å². The predicted molar refractivity (Wildman–Crippen MR) is 104 cm³/mol. The van der Waals surface area contributed by atoms with Crippen LogP contribution in [0.4, 0.5) is 4.79 Å². The first-order valence-corrected chi connectivity index (χ1v) is 9.33. The quantitative estimate of drug-likeness (QED) is 0.669. The highest BCUT2D eigenvalue weighted by atomic mass is 32.1. The molecule has 3 rings (SSSR count). The third-order valence-corrected chi connectivity index (χ3v) is 5.29. The van der Waals surface area contributed by atoms with Crippen LogP contribution in [0.5, 0.6) is 0 Å². The van der Waals surface area contributed by atoms with Gasteiger partial charge in [-0.15, -0.1) is 11.3 Å². The first-order chi connectivity index (χ1) is 12.1. The summed E-state index contributed by atoms with van der Waals surface area (Å²) < 4.78 is 1.22. The van der Waals surface area contributed by atoms with Gasteiger partial charge in [0.2, 0.25) is 0 Å². The SMILES string of the molecule is Cc1ccccc1CN(C)C(=O)NCCCc1nc2ccccc2s1. The first-order valence-electron chi connectivity index (χ1n) is 8.51. The van der Waals surface area contributed by atoms with Gasteiger partial charge in [0.05, 0.1) is 15.2 Å². The number of nitrogens with one attached hydrogen (secondary N) is 1. The molecule has 0 aliphatic carbocycles. The Morgan fingerprint density at radius 3 is 2.72 bits per heavy atom. The Morgan fingerprint density at radius 2 is 1.92 bits per heavy atom. The van der Waals surface area contributed by atoms with Gasteiger partial charge in [-0.05, 0) is 36.6 Å². The second-order valence-corrected chi connectivity index (χ2v) is 7.31. The lowest BCUT2D eigenvalue weighted by Gasteiger charge is -2.19. The zero-order valence-corrected chi connectivity index (χ0v) is 15.5. The molecular formula is C20H23N3OS. The normalized spacial score (nSPS) is 10.8. The molecule has 1 heterocycles. The maximum absolute atomic E-state index is 12.2. The van der Waals surface area contributed by atoms with Crippen molar-refractivity contribution in [3.05, 3.63) is 64.7 Å². The molecule has 0 bridgehead atoms. The van der Waals surface area contributed by atoms with E-state index in [9.17, 15) is 4.79 Å². The van der Waals surface area contributed by atoms with Crippen LogP contribution < -0.4 is 5.32 Å². The Hall–Kier alpha value is -2.40. The van der Waals surface area contributed by atoms with E-state index in [4.69, 9.17) is 0 Å². The van der Waals surface area contributed by atoms with Gasteiger partial charge in [-0.3, -0.25) is 0 Å². The number of amides is 2. The number of carbonyl (C=O) groups excluding carboxylic acids is 1. The van der Waals surface area contributed by atoms with E-state index in [0.29, 0.717) is 13.1 Å². The molecule has 0 atom stereocenters. The summed E-state index contributed by atoms with van der Waals surface area (Å²) in [5.74, 6) is 0. The van der Waals surface area contributed by atoms with Gasteiger partial charge in [-0.25, -0.2) is 9.78 Å². The summed E-state index contributed by atoms with van der Waals surface area (Å²) in [6.07, 6.45) is 1.78. The molecule has 0 saturated heterocycles. The number of carbonyl (C=O) groups is 1. The van der Waals surface area contributed by atoms with Crippen LogP contribution in [0.3, 0.4) is 0 Å². The standard InChI is InChI=1S/C20H23N3OS/c1-15-8-3-4-9-16(15)14-23(2)20(24)21-13-7-12-19-22-17-10-5-6-11-18(17)25-19/h3-6,8-11H,7,12-14H2,1-2H3,(H,21,24). The van der Waals surface area contributed by atoms with Crippen molar-refractivity contribution in [1.29, 1.82) is 0 Å². The summed E-state index contributed by atoms with van der Waals surface area (Å²) in [6.45, 7) is 3.35. The highest BCUT2D eigenvalue weighted by Crippen LogP contribution is 2.22. The lowest BCUT2D eigenvalue weighted by molar-refractivity contribution is 0.206. The van der Waals surface area contributed by atoms with Gasteiger partial charge in [0, 0.05) is 26.6 Å². The smallest absolute Gasteiger partial charge is 0.317 e. The number of urea groups is 1. The summed E-state index contributed by atoms with van der Waals surface area (Å²) >= 11 is 1.73. The van der Waals surface area contributed by atoms with E-state index in [1.165, 1.54) is 15.8 Å². The van der Waals surface area contributed by atoms with Crippen LogP contribution in [0.1, 0.15) is 22.6 Å². The van der Waals surface area contributed by atoms with Crippen molar-refractivity contribution in [2.45, 2.75) is 26.3 Å². The third-order valence-electron chi connectivity index (χ3n) is 4.20. The summed E-state index contributed by atoms with van der Waals surface area (Å²) in [7, 11) is 1.83. The minimum atomic E-state index is -0.0347. The van der Waals surface area contributed by atoms with Crippen LogP contribution in [0.25, 0.3) is 10.2 Å². The van der Waals surface area contributed by atoms with E-state index in [1.807, 2.05) is 37.4 Å². The van der Waals surface area contributed by atoms with E-state index in [2.05, 4.69) is 35.4 Å². The Kier molecular flexibility index (Phi) is 5.66. The number of para-hydroxylation sites is 1. The molecular weight excluding hydrogens is 330 g/mol. The summed E-state index contributed by atoms with van der Waals surface area (Å²) in [5, 5.41) is 4.12. The molecule has 0 unspecified atom stereocenters. The van der Waals surface area contributed by atoms with Crippen molar-refractivity contribution in [1.82, 2.24) is 15.2 Å². The molecule has 0 radical (unpaired) electrons. The molecule has 4 nitrogen and oxygen atoms in total. The Labute approximate surface area is 152 Å².